The zero-order valence-electron chi connectivity index (χ0n) is 19.2. The number of nitrogens with one attached hydrogen (secondary N) is 1. The normalized spacial score (nSPS) is 16.2. The van der Waals surface area contributed by atoms with Crippen LogP contribution >= 0.6 is 15.9 Å². The summed E-state index contributed by atoms with van der Waals surface area (Å²) >= 11 is 3.37. The molecule has 0 aromatic heterocycles. The van der Waals surface area contributed by atoms with Gasteiger partial charge in [0.2, 0.25) is 15.9 Å². The third-order valence-corrected chi connectivity index (χ3v) is 8.78. The lowest BCUT2D eigenvalue weighted by molar-refractivity contribution is -0.126. The van der Waals surface area contributed by atoms with Crippen LogP contribution in [0.5, 0.6) is 0 Å². The van der Waals surface area contributed by atoms with Gasteiger partial charge in [-0.15, -0.1) is 0 Å². The van der Waals surface area contributed by atoms with Crippen LogP contribution < -0.4 is 5.32 Å². The number of carbonyl (C=O) groups excluding carboxylic acids is 1. The van der Waals surface area contributed by atoms with E-state index in [0.29, 0.717) is 25.9 Å². The molecule has 0 aliphatic carbocycles. The molecule has 1 aliphatic rings. The number of amides is 1. The molecule has 7 heteroatoms. The molecule has 0 bridgehead atoms. The monoisotopic (exact) mass is 540 g/mol. The summed E-state index contributed by atoms with van der Waals surface area (Å²) in [6.45, 7) is 2.76. The third-order valence-electron chi connectivity index (χ3n) is 6.40. The Morgan fingerprint density at radius 1 is 0.971 bits per heavy atom. The number of aryl methyl sites for hydroxylation is 1. The van der Waals surface area contributed by atoms with Crippen LogP contribution in [0.4, 0.5) is 0 Å². The van der Waals surface area contributed by atoms with Crippen LogP contribution in [0.15, 0.2) is 83.3 Å². The van der Waals surface area contributed by atoms with Gasteiger partial charge in [0.05, 0.1) is 11.8 Å². The molecule has 34 heavy (non-hydrogen) atoms. The van der Waals surface area contributed by atoms with Crippen molar-refractivity contribution in [2.45, 2.75) is 31.6 Å². The molecule has 5 nitrogen and oxygen atoms in total. The van der Waals surface area contributed by atoms with Gasteiger partial charge in [0.15, 0.2) is 0 Å². The minimum absolute atomic E-state index is 0.0259. The summed E-state index contributed by atoms with van der Waals surface area (Å²) in [6, 6.07) is 25.1. The van der Waals surface area contributed by atoms with E-state index in [9.17, 15) is 13.2 Å². The van der Waals surface area contributed by atoms with Crippen molar-refractivity contribution in [3.8, 4) is 0 Å². The summed E-state index contributed by atoms with van der Waals surface area (Å²) in [5.41, 5.74) is 3.97. The summed E-state index contributed by atoms with van der Waals surface area (Å²) in [4.78, 5) is 13.3. The van der Waals surface area contributed by atoms with E-state index in [1.807, 2.05) is 85.8 Å². The summed E-state index contributed by atoms with van der Waals surface area (Å²) in [6.07, 6.45) is 1.03. The number of sulfonamides is 1. The van der Waals surface area contributed by atoms with Crippen molar-refractivity contribution in [3.05, 3.63) is 106 Å². The zero-order chi connectivity index (χ0) is 24.1. The molecular formula is C27H29BrN2O3S. The summed E-state index contributed by atoms with van der Waals surface area (Å²) < 4.78 is 28.3. The number of hydrogen-bond donors (Lipinski definition) is 1. The lowest BCUT2D eigenvalue weighted by atomic mass is 9.92. The minimum atomic E-state index is -3.43. The van der Waals surface area contributed by atoms with Crippen LogP contribution in [-0.2, 0) is 20.6 Å². The van der Waals surface area contributed by atoms with Gasteiger partial charge >= 0.3 is 0 Å². The van der Waals surface area contributed by atoms with E-state index in [0.717, 1.165) is 26.7 Å². The largest absolute Gasteiger partial charge is 0.345 e. The van der Waals surface area contributed by atoms with Crippen LogP contribution in [0.1, 0.15) is 41.1 Å². The average molecular weight is 542 g/mol. The Morgan fingerprint density at radius 3 is 2.24 bits per heavy atom. The van der Waals surface area contributed by atoms with Gasteiger partial charge in [0.1, 0.15) is 0 Å². The van der Waals surface area contributed by atoms with Crippen molar-refractivity contribution in [1.29, 1.82) is 0 Å². The molecule has 0 saturated carbocycles. The Hall–Kier alpha value is -2.48. The Kier molecular flexibility index (Phi) is 7.86. The molecule has 0 radical (unpaired) electrons. The number of hydrogen-bond acceptors (Lipinski definition) is 3. The summed E-state index contributed by atoms with van der Waals surface area (Å²) in [7, 11) is -3.43. The Balaban J connectivity index is 1.42. The smallest absolute Gasteiger partial charge is 0.223 e. The maximum absolute atomic E-state index is 13.3. The second-order valence-electron chi connectivity index (χ2n) is 8.76. The molecule has 1 fully saturated rings. The Bertz CT molecular complexity index is 1220. The molecule has 0 spiro atoms. The van der Waals surface area contributed by atoms with Gasteiger partial charge in [-0.2, -0.15) is 0 Å². The van der Waals surface area contributed by atoms with Crippen molar-refractivity contribution in [2.75, 3.05) is 13.1 Å². The lowest BCUT2D eigenvalue weighted by Crippen LogP contribution is -2.44. The molecule has 3 aromatic carbocycles. The van der Waals surface area contributed by atoms with Crippen LogP contribution in [0.2, 0.25) is 0 Å². The third kappa shape index (κ3) is 5.95. The fourth-order valence-electron chi connectivity index (χ4n) is 4.44. The van der Waals surface area contributed by atoms with E-state index in [2.05, 4.69) is 21.2 Å². The quantitative estimate of drug-likeness (QED) is 0.447. The standard InChI is InChI=1S/C27H29BrN2O3S/c1-20-7-5-6-10-25(20)26(22-8-3-2-4-9-22)29-27(31)23-15-17-30(18-16-23)34(32,33)19-21-11-13-24(28)14-12-21/h2-14,23,26H,15-19H2,1H3,(H,29,31)/t26-/m0/s1. The fourth-order valence-corrected chi connectivity index (χ4v) is 6.26. The molecule has 178 valence electrons. The highest BCUT2D eigenvalue weighted by atomic mass is 79.9. The van der Waals surface area contributed by atoms with Gasteiger partial charge in [-0.25, -0.2) is 12.7 Å². The molecule has 3 aromatic rings. The van der Waals surface area contributed by atoms with E-state index in [1.54, 1.807) is 0 Å². The van der Waals surface area contributed by atoms with Gasteiger partial charge < -0.3 is 5.32 Å². The van der Waals surface area contributed by atoms with Crippen LogP contribution in [-0.4, -0.2) is 31.7 Å². The molecule has 1 aliphatic heterocycles. The van der Waals surface area contributed by atoms with E-state index in [4.69, 9.17) is 0 Å². The highest BCUT2D eigenvalue weighted by molar-refractivity contribution is 9.10. The first kappa shape index (κ1) is 24.6. The van der Waals surface area contributed by atoms with Gasteiger partial charge in [0, 0.05) is 23.5 Å². The van der Waals surface area contributed by atoms with Crippen molar-refractivity contribution >= 4 is 31.9 Å². The van der Waals surface area contributed by atoms with Gasteiger partial charge in [-0.1, -0.05) is 82.7 Å². The highest BCUT2D eigenvalue weighted by Crippen LogP contribution is 2.27. The number of nitrogens with zero attached hydrogens (tertiary/aromatic N) is 1. The SMILES string of the molecule is Cc1ccccc1[C@@H](NC(=O)C1CCN(S(=O)(=O)Cc2ccc(Br)cc2)CC1)c1ccccc1. The van der Waals surface area contributed by atoms with Crippen molar-refractivity contribution < 1.29 is 13.2 Å². The Morgan fingerprint density at radius 2 is 1.59 bits per heavy atom. The van der Waals surface area contributed by atoms with Crippen LogP contribution in [0.25, 0.3) is 0 Å². The topological polar surface area (TPSA) is 66.5 Å². The molecular weight excluding hydrogens is 512 g/mol. The molecule has 1 heterocycles. The van der Waals surface area contributed by atoms with Gasteiger partial charge in [-0.05, 0) is 54.2 Å². The van der Waals surface area contributed by atoms with Gasteiger partial charge in [-0.3, -0.25) is 4.79 Å². The Labute approximate surface area is 210 Å². The highest BCUT2D eigenvalue weighted by Gasteiger charge is 2.32. The minimum Gasteiger partial charge on any atom is -0.345 e. The van der Waals surface area contributed by atoms with Crippen molar-refractivity contribution in [3.63, 3.8) is 0 Å². The van der Waals surface area contributed by atoms with E-state index < -0.39 is 10.0 Å². The number of halogens is 1. The van der Waals surface area contributed by atoms with Crippen molar-refractivity contribution in [2.24, 2.45) is 5.92 Å². The second-order valence-corrected chi connectivity index (χ2v) is 11.6. The zero-order valence-corrected chi connectivity index (χ0v) is 21.6. The number of carbonyl (C=O) groups is 1. The van der Waals surface area contributed by atoms with E-state index in [-0.39, 0.29) is 23.6 Å². The first-order valence-corrected chi connectivity index (χ1v) is 13.9. The van der Waals surface area contributed by atoms with Crippen LogP contribution in [0, 0.1) is 12.8 Å². The number of rotatable bonds is 7. The number of piperidine rings is 1. The molecule has 4 rings (SSSR count). The maximum atomic E-state index is 13.3. The molecule has 1 amide bonds. The van der Waals surface area contributed by atoms with E-state index >= 15 is 0 Å². The average Bonchev–Trinajstić information content (AvgIpc) is 2.85. The number of benzene rings is 3. The molecule has 1 saturated heterocycles. The van der Waals surface area contributed by atoms with E-state index in [1.165, 1.54) is 4.31 Å². The second kappa shape index (κ2) is 10.8. The fraction of sp³-hybridized carbons (Fsp3) is 0.296. The molecule has 1 N–H and O–H groups in total. The maximum Gasteiger partial charge on any atom is 0.223 e. The summed E-state index contributed by atoms with van der Waals surface area (Å²) in [5.74, 6) is -0.267. The molecule has 1 atom stereocenters. The predicted octanol–water partition coefficient (Wildman–Crippen LogP) is 5.21. The first-order valence-electron chi connectivity index (χ1n) is 11.5. The van der Waals surface area contributed by atoms with Gasteiger partial charge in [0.25, 0.3) is 0 Å². The van der Waals surface area contributed by atoms with Crippen LogP contribution in [0.3, 0.4) is 0 Å². The lowest BCUT2D eigenvalue weighted by Gasteiger charge is -2.32. The molecule has 0 unspecified atom stereocenters. The first-order chi connectivity index (χ1) is 16.3. The summed E-state index contributed by atoms with van der Waals surface area (Å²) in [5, 5.41) is 3.25. The predicted molar refractivity (Wildman–Crippen MR) is 139 cm³/mol. The van der Waals surface area contributed by atoms with Crippen molar-refractivity contribution in [1.82, 2.24) is 9.62 Å².